The monoisotopic (exact) mass is 389 g/mol. The summed E-state index contributed by atoms with van der Waals surface area (Å²) in [7, 11) is 1.58. The van der Waals surface area contributed by atoms with Crippen molar-refractivity contribution in [3.8, 4) is 0 Å². The van der Waals surface area contributed by atoms with Crippen LogP contribution in [-0.4, -0.2) is 30.2 Å². The fourth-order valence-electron chi connectivity index (χ4n) is 5.57. The van der Waals surface area contributed by atoms with Crippen molar-refractivity contribution in [2.75, 3.05) is 12.4 Å². The predicted octanol–water partition coefficient (Wildman–Crippen LogP) is 5.01. The first-order valence-electron chi connectivity index (χ1n) is 10.3. The van der Waals surface area contributed by atoms with Crippen LogP contribution in [0.15, 0.2) is 18.2 Å². The second-order valence-electron chi connectivity index (χ2n) is 9.95. The lowest BCUT2D eigenvalue weighted by atomic mass is 9.49. The van der Waals surface area contributed by atoms with Gasteiger partial charge in [0.1, 0.15) is 5.60 Å². The van der Waals surface area contributed by atoms with E-state index in [2.05, 4.69) is 31.3 Å². The minimum Gasteiger partial charge on any atom is -0.444 e. The maximum absolute atomic E-state index is 12.2. The summed E-state index contributed by atoms with van der Waals surface area (Å²) >= 11 is 0. The largest absolute Gasteiger partial charge is 0.444 e. The lowest BCUT2D eigenvalue weighted by Gasteiger charge is -2.56. The van der Waals surface area contributed by atoms with Gasteiger partial charge in [-0.1, -0.05) is 26.3 Å². The van der Waals surface area contributed by atoms with Crippen molar-refractivity contribution in [3.05, 3.63) is 29.3 Å². The minimum atomic E-state index is -0.762. The van der Waals surface area contributed by atoms with E-state index in [0.29, 0.717) is 5.92 Å². The summed E-state index contributed by atoms with van der Waals surface area (Å²) < 4.78 is 10.8. The molecule has 2 N–H and O–H groups in total. The summed E-state index contributed by atoms with van der Waals surface area (Å²) in [5, 5.41) is 13.5. The molecule has 0 bridgehead atoms. The average Bonchev–Trinajstić information content (AvgIpc) is 2.59. The predicted molar refractivity (Wildman–Crippen MR) is 110 cm³/mol. The Morgan fingerprint density at radius 1 is 1.29 bits per heavy atom. The molecule has 1 aromatic rings. The summed E-state index contributed by atoms with van der Waals surface area (Å²) in [4.78, 5) is 12.2. The number of anilines is 1. The first-order chi connectivity index (χ1) is 13.0. The molecule has 4 atom stereocenters. The fourth-order valence-corrected chi connectivity index (χ4v) is 5.57. The number of aliphatic hydroxyl groups is 1. The molecule has 1 amide bonds. The van der Waals surface area contributed by atoms with Gasteiger partial charge in [0.25, 0.3) is 0 Å². The van der Waals surface area contributed by atoms with E-state index in [0.717, 1.165) is 37.8 Å². The lowest BCUT2D eigenvalue weighted by molar-refractivity contribution is -0.196. The molecule has 156 valence electrons. The highest BCUT2D eigenvalue weighted by atomic mass is 16.6. The molecule has 2 aliphatic rings. The van der Waals surface area contributed by atoms with Crippen LogP contribution in [0.3, 0.4) is 0 Å². The maximum Gasteiger partial charge on any atom is 0.412 e. The molecule has 1 aromatic carbocycles. The normalized spacial score (nSPS) is 30.8. The molecule has 0 spiro atoms. The topological polar surface area (TPSA) is 67.8 Å². The number of carbonyl (C=O) groups is 1. The minimum absolute atomic E-state index is 0.0499. The summed E-state index contributed by atoms with van der Waals surface area (Å²) in [6.07, 6.45) is 3.91. The Morgan fingerprint density at radius 2 is 2.00 bits per heavy atom. The Hall–Kier alpha value is -1.59. The van der Waals surface area contributed by atoms with Gasteiger partial charge in [-0.3, -0.25) is 5.32 Å². The van der Waals surface area contributed by atoms with Gasteiger partial charge < -0.3 is 14.6 Å². The van der Waals surface area contributed by atoms with Crippen LogP contribution in [0.2, 0.25) is 0 Å². The molecule has 0 radical (unpaired) electrons. The van der Waals surface area contributed by atoms with Crippen LogP contribution >= 0.6 is 0 Å². The van der Waals surface area contributed by atoms with E-state index < -0.39 is 18.0 Å². The molecule has 5 nitrogen and oxygen atoms in total. The van der Waals surface area contributed by atoms with Gasteiger partial charge in [-0.15, -0.1) is 0 Å². The van der Waals surface area contributed by atoms with Gasteiger partial charge in [0.15, 0.2) is 6.29 Å². The van der Waals surface area contributed by atoms with Gasteiger partial charge in [-0.05, 0) is 81.0 Å². The first-order valence-corrected chi connectivity index (χ1v) is 10.3. The van der Waals surface area contributed by atoms with Crippen molar-refractivity contribution in [2.24, 2.45) is 11.3 Å². The number of nitrogens with one attached hydrogen (secondary N) is 1. The van der Waals surface area contributed by atoms with Crippen LogP contribution in [0.4, 0.5) is 10.5 Å². The number of carbonyl (C=O) groups excluding carboxylic acids is 1. The van der Waals surface area contributed by atoms with Gasteiger partial charge in [0, 0.05) is 18.2 Å². The Bertz CT molecular complexity index is 741. The molecule has 2 aliphatic carbocycles. The number of hydrogen-bond donors (Lipinski definition) is 2. The van der Waals surface area contributed by atoms with E-state index >= 15 is 0 Å². The zero-order chi connectivity index (χ0) is 20.7. The third-order valence-electron chi connectivity index (χ3n) is 6.84. The molecular weight excluding hydrogens is 354 g/mol. The first kappa shape index (κ1) is 21.1. The van der Waals surface area contributed by atoms with E-state index in [9.17, 15) is 9.90 Å². The fraction of sp³-hybridized carbons (Fsp3) is 0.696. The maximum atomic E-state index is 12.2. The number of amides is 1. The molecular formula is C23H35NO4. The van der Waals surface area contributed by atoms with E-state index in [-0.39, 0.29) is 10.8 Å². The molecule has 0 aromatic heterocycles. The molecule has 28 heavy (non-hydrogen) atoms. The van der Waals surface area contributed by atoms with Gasteiger partial charge >= 0.3 is 6.09 Å². The highest BCUT2D eigenvalue weighted by Gasteiger charge is 2.54. The van der Waals surface area contributed by atoms with Crippen molar-refractivity contribution < 1.29 is 19.4 Å². The second kappa shape index (κ2) is 7.34. The zero-order valence-corrected chi connectivity index (χ0v) is 18.1. The van der Waals surface area contributed by atoms with Crippen molar-refractivity contribution >= 4 is 11.8 Å². The van der Waals surface area contributed by atoms with Crippen molar-refractivity contribution in [3.63, 3.8) is 0 Å². The van der Waals surface area contributed by atoms with Crippen molar-refractivity contribution in [1.82, 2.24) is 0 Å². The second-order valence-corrected chi connectivity index (χ2v) is 9.95. The van der Waals surface area contributed by atoms with Gasteiger partial charge in [-0.2, -0.15) is 0 Å². The van der Waals surface area contributed by atoms with Gasteiger partial charge in [0.2, 0.25) is 0 Å². The standard InChI is InChI=1S/C23H35NO4/c1-21(2,3)28-20(26)24-16-10-8-15-9-11-18-22(4,17(15)14-16)12-7-13-23(18,5)19(25)27-6/h8,10,14,18-19,25H,7,9,11-13H2,1-6H3,(H,24,26)/t18-,19?,22-,23+/m1/s1. The number of aliphatic hydroxyl groups excluding tert-OH is 1. The number of methoxy groups -OCH3 is 1. The zero-order valence-electron chi connectivity index (χ0n) is 18.1. The Morgan fingerprint density at radius 3 is 2.64 bits per heavy atom. The Kier molecular flexibility index (Phi) is 5.54. The number of ether oxygens (including phenoxy) is 2. The lowest BCUT2D eigenvalue weighted by Crippen LogP contribution is -2.54. The summed E-state index contributed by atoms with van der Waals surface area (Å²) in [5.41, 5.74) is 2.53. The van der Waals surface area contributed by atoms with E-state index in [4.69, 9.17) is 9.47 Å². The average molecular weight is 390 g/mol. The molecule has 5 heteroatoms. The molecule has 1 saturated carbocycles. The van der Waals surface area contributed by atoms with E-state index in [1.54, 1.807) is 7.11 Å². The third kappa shape index (κ3) is 3.79. The Balaban J connectivity index is 1.92. The summed E-state index contributed by atoms with van der Waals surface area (Å²) in [5.74, 6) is 0.327. The molecule has 3 rings (SSSR count). The van der Waals surface area contributed by atoms with Crippen LogP contribution in [0.25, 0.3) is 0 Å². The Labute approximate surface area is 168 Å². The molecule has 0 aliphatic heterocycles. The number of aryl methyl sites for hydroxylation is 1. The highest BCUT2D eigenvalue weighted by molar-refractivity contribution is 5.85. The van der Waals surface area contributed by atoms with Crippen molar-refractivity contribution in [1.29, 1.82) is 0 Å². The molecule has 0 heterocycles. The van der Waals surface area contributed by atoms with Crippen LogP contribution in [0, 0.1) is 11.3 Å². The smallest absolute Gasteiger partial charge is 0.412 e. The van der Waals surface area contributed by atoms with E-state index in [1.807, 2.05) is 26.8 Å². The van der Waals surface area contributed by atoms with Gasteiger partial charge in [0.05, 0.1) is 0 Å². The van der Waals surface area contributed by atoms with Gasteiger partial charge in [-0.25, -0.2) is 4.79 Å². The quantitative estimate of drug-likeness (QED) is 0.713. The van der Waals surface area contributed by atoms with Crippen LogP contribution in [0.5, 0.6) is 0 Å². The molecule has 0 saturated heterocycles. The van der Waals surface area contributed by atoms with Crippen LogP contribution in [0.1, 0.15) is 71.4 Å². The highest BCUT2D eigenvalue weighted by Crippen LogP contribution is 2.58. The van der Waals surface area contributed by atoms with Crippen LogP contribution in [-0.2, 0) is 21.3 Å². The number of benzene rings is 1. The molecule has 1 fully saturated rings. The number of hydrogen-bond acceptors (Lipinski definition) is 4. The summed E-state index contributed by atoms with van der Waals surface area (Å²) in [6.45, 7) is 10.0. The third-order valence-corrected chi connectivity index (χ3v) is 6.84. The SMILES string of the molecule is COC(O)[C@@]1(C)CCC[C@]2(C)c3cc(NC(=O)OC(C)(C)C)ccc3CC[C@H]21. The molecule has 1 unspecified atom stereocenters. The number of fused-ring (bicyclic) bond motifs is 3. The van der Waals surface area contributed by atoms with Crippen LogP contribution < -0.4 is 5.32 Å². The summed E-state index contributed by atoms with van der Waals surface area (Å²) in [6, 6.07) is 6.19. The number of rotatable bonds is 3. The van der Waals surface area contributed by atoms with E-state index in [1.165, 1.54) is 11.1 Å². The van der Waals surface area contributed by atoms with Crippen molar-refractivity contribution in [2.45, 2.75) is 84.0 Å².